The van der Waals surface area contributed by atoms with Gasteiger partial charge < -0.3 is 20.3 Å². The predicted molar refractivity (Wildman–Crippen MR) is 111 cm³/mol. The Morgan fingerprint density at radius 2 is 2.04 bits per heavy atom. The lowest BCUT2D eigenvalue weighted by Gasteiger charge is -2.27. The van der Waals surface area contributed by atoms with E-state index >= 15 is 0 Å². The number of aliphatic hydroxyl groups excluding tert-OH is 1. The summed E-state index contributed by atoms with van der Waals surface area (Å²) in [5.74, 6) is 1.45. The number of anilines is 3. The van der Waals surface area contributed by atoms with Crippen LogP contribution in [0.25, 0.3) is 10.8 Å². The Morgan fingerprint density at radius 1 is 1.21 bits per heavy atom. The minimum absolute atomic E-state index is 0.0345. The molecule has 0 bridgehead atoms. The molecule has 7 heteroatoms. The zero-order valence-corrected chi connectivity index (χ0v) is 15.6. The van der Waals surface area contributed by atoms with E-state index in [1.165, 1.54) is 6.20 Å². The summed E-state index contributed by atoms with van der Waals surface area (Å²) in [4.78, 5) is 21.9. The number of hydrogen-bond donors (Lipinski definition) is 3. The number of aliphatic hydroxyl groups is 1. The summed E-state index contributed by atoms with van der Waals surface area (Å²) < 4.78 is 23.7. The van der Waals surface area contributed by atoms with E-state index in [-0.39, 0.29) is 17.5 Å². The maximum absolute atomic E-state index is 13.1. The number of hydrogen-bond acceptors (Lipinski definition) is 6. The number of rotatable bonds is 4. The number of nitrogens with one attached hydrogen (secondary N) is 2. The van der Waals surface area contributed by atoms with Gasteiger partial charge in [0.25, 0.3) is 5.56 Å². The molecule has 0 amide bonds. The van der Waals surface area contributed by atoms with E-state index < -0.39 is 12.5 Å². The first-order chi connectivity index (χ1) is 14.7. The maximum atomic E-state index is 13.1. The maximum Gasteiger partial charge on any atom is 0.261 e. The van der Waals surface area contributed by atoms with Gasteiger partial charge in [-0.3, -0.25) is 4.79 Å². The number of pyridine rings is 3. The number of aromatic nitrogens is 3. The Bertz CT molecular complexity index is 1150. The average molecular weight is 382 g/mol. The van der Waals surface area contributed by atoms with Gasteiger partial charge in [-0.15, -0.1) is 0 Å². The lowest BCUT2D eigenvalue weighted by molar-refractivity contribution is 0.126. The molecule has 3 aromatic rings. The molecule has 28 heavy (non-hydrogen) atoms. The lowest BCUT2D eigenvalue weighted by atomic mass is 9.93. The Hall–Kier alpha value is -2.93. The zero-order valence-electron chi connectivity index (χ0n) is 18.6. The van der Waals surface area contributed by atoms with Gasteiger partial charge in [0.15, 0.2) is 0 Å². The highest BCUT2D eigenvalue weighted by atomic mass is 16.3. The minimum atomic E-state index is -2.58. The monoisotopic (exact) mass is 382 g/mol. The molecule has 3 N–H and O–H groups in total. The summed E-state index contributed by atoms with van der Waals surface area (Å²) in [6, 6.07) is 7.12. The quantitative estimate of drug-likeness (QED) is 0.642. The number of nitrogens with zero attached hydrogens (tertiary/aromatic N) is 3. The molecule has 0 radical (unpaired) electrons. The van der Waals surface area contributed by atoms with Gasteiger partial charge >= 0.3 is 0 Å². The number of aryl methyl sites for hydroxylation is 2. The van der Waals surface area contributed by atoms with E-state index in [4.69, 9.17) is 4.11 Å². The fourth-order valence-corrected chi connectivity index (χ4v) is 3.58. The molecular formula is C21H25N5O2. The molecule has 0 unspecified atom stereocenters. The highest BCUT2D eigenvalue weighted by Crippen LogP contribution is 2.27. The van der Waals surface area contributed by atoms with Crippen LogP contribution in [0.3, 0.4) is 0 Å². The number of fused-ring (bicyclic) bond motifs is 1. The minimum Gasteiger partial charge on any atom is -0.393 e. The summed E-state index contributed by atoms with van der Waals surface area (Å²) in [6.07, 6.45) is 5.48. The predicted octanol–water partition coefficient (Wildman–Crippen LogP) is 3.10. The SMILES string of the molecule is [2H]C([2H])([2H])n1ccc2cc(Nc3cc(C)ccn3)nc(N[C@H]3CC[C@@H](O)CC3)c2c1=O. The Kier molecular flexibility index (Phi) is 4.08. The molecule has 1 saturated carbocycles. The van der Waals surface area contributed by atoms with Crippen molar-refractivity contribution in [1.82, 2.24) is 14.5 Å². The van der Waals surface area contributed by atoms with Gasteiger partial charge in [-0.2, -0.15) is 0 Å². The van der Waals surface area contributed by atoms with Crippen molar-refractivity contribution < 1.29 is 9.22 Å². The van der Waals surface area contributed by atoms with Gasteiger partial charge in [0.05, 0.1) is 11.5 Å². The molecule has 0 spiro atoms. The third kappa shape index (κ3) is 3.84. The zero-order chi connectivity index (χ0) is 22.2. The summed E-state index contributed by atoms with van der Waals surface area (Å²) in [7, 11) is 0. The van der Waals surface area contributed by atoms with Crippen LogP contribution in [0.4, 0.5) is 17.5 Å². The molecule has 4 rings (SSSR count). The Balaban J connectivity index is 1.79. The van der Waals surface area contributed by atoms with Gasteiger partial charge in [-0.05, 0) is 67.8 Å². The summed E-state index contributed by atoms with van der Waals surface area (Å²) in [5, 5.41) is 17.1. The van der Waals surface area contributed by atoms with Crippen molar-refractivity contribution >= 4 is 28.2 Å². The lowest BCUT2D eigenvalue weighted by Crippen LogP contribution is -2.29. The van der Waals surface area contributed by atoms with Crippen LogP contribution in [0.5, 0.6) is 0 Å². The normalized spacial score (nSPS) is 21.6. The third-order valence-corrected chi connectivity index (χ3v) is 5.09. The summed E-state index contributed by atoms with van der Waals surface area (Å²) >= 11 is 0. The Labute approximate surface area is 167 Å². The van der Waals surface area contributed by atoms with Crippen molar-refractivity contribution in [3.63, 3.8) is 0 Å². The van der Waals surface area contributed by atoms with Crippen LogP contribution in [0.1, 0.15) is 35.4 Å². The van der Waals surface area contributed by atoms with Crippen molar-refractivity contribution in [3.8, 4) is 0 Å². The fraction of sp³-hybridized carbons (Fsp3) is 0.381. The first-order valence-corrected chi connectivity index (χ1v) is 9.42. The molecular weight excluding hydrogens is 354 g/mol. The second-order valence-electron chi connectivity index (χ2n) is 7.30. The molecule has 3 aromatic heterocycles. The topological polar surface area (TPSA) is 92.1 Å². The van der Waals surface area contributed by atoms with E-state index in [2.05, 4.69) is 20.6 Å². The van der Waals surface area contributed by atoms with E-state index in [0.717, 1.165) is 23.0 Å². The van der Waals surface area contributed by atoms with Crippen LogP contribution < -0.4 is 16.2 Å². The van der Waals surface area contributed by atoms with Crippen LogP contribution in [0.15, 0.2) is 41.5 Å². The highest BCUT2D eigenvalue weighted by molar-refractivity contribution is 5.93. The van der Waals surface area contributed by atoms with Crippen LogP contribution in [-0.2, 0) is 6.98 Å². The largest absolute Gasteiger partial charge is 0.393 e. The Morgan fingerprint density at radius 3 is 2.79 bits per heavy atom. The molecule has 0 aromatic carbocycles. The molecule has 146 valence electrons. The molecule has 1 aliphatic carbocycles. The fourth-order valence-electron chi connectivity index (χ4n) is 3.58. The van der Waals surface area contributed by atoms with Crippen molar-refractivity contribution in [2.75, 3.05) is 10.6 Å². The molecule has 0 atom stereocenters. The van der Waals surface area contributed by atoms with Crippen molar-refractivity contribution in [2.24, 2.45) is 6.98 Å². The molecule has 7 nitrogen and oxygen atoms in total. The van der Waals surface area contributed by atoms with Crippen LogP contribution in [0, 0.1) is 6.92 Å². The van der Waals surface area contributed by atoms with Crippen molar-refractivity contribution in [3.05, 3.63) is 52.6 Å². The van der Waals surface area contributed by atoms with Crippen molar-refractivity contribution in [1.29, 1.82) is 0 Å². The standard InChI is InChI=1S/C21H25N5O2/c1-13-7-9-22-17(11-13)24-18-12-14-8-10-26(2)21(28)19(14)20(25-18)23-15-3-5-16(27)6-4-15/h7-12,15-16,27H,3-6H2,1-2H3,(H2,22,23,24,25)/t15-,16+/i2D3. The van der Waals surface area contributed by atoms with Gasteiger partial charge in [0, 0.05) is 29.5 Å². The van der Waals surface area contributed by atoms with Crippen LogP contribution in [0.2, 0.25) is 0 Å². The van der Waals surface area contributed by atoms with E-state index in [9.17, 15) is 9.90 Å². The van der Waals surface area contributed by atoms with E-state index in [0.29, 0.717) is 35.7 Å². The first kappa shape index (κ1) is 15.0. The summed E-state index contributed by atoms with van der Waals surface area (Å²) in [5.41, 5.74) is 0.418. The average Bonchev–Trinajstić information content (AvgIpc) is 2.69. The van der Waals surface area contributed by atoms with Gasteiger partial charge in [-0.1, -0.05) is 0 Å². The molecule has 0 saturated heterocycles. The smallest absolute Gasteiger partial charge is 0.261 e. The van der Waals surface area contributed by atoms with Gasteiger partial charge in [0.2, 0.25) is 0 Å². The summed E-state index contributed by atoms with van der Waals surface area (Å²) in [6.45, 7) is -0.623. The highest BCUT2D eigenvalue weighted by Gasteiger charge is 2.21. The molecule has 0 aliphatic heterocycles. The second kappa shape index (κ2) is 7.59. The molecule has 3 heterocycles. The van der Waals surface area contributed by atoms with E-state index in [1.807, 2.05) is 19.1 Å². The van der Waals surface area contributed by atoms with Gasteiger partial charge in [-0.25, -0.2) is 9.97 Å². The second-order valence-corrected chi connectivity index (χ2v) is 7.30. The van der Waals surface area contributed by atoms with E-state index in [1.54, 1.807) is 18.3 Å². The third-order valence-electron chi connectivity index (χ3n) is 5.09. The van der Waals surface area contributed by atoms with Crippen molar-refractivity contribution in [2.45, 2.75) is 44.8 Å². The molecule has 1 fully saturated rings. The van der Waals surface area contributed by atoms with Crippen LogP contribution >= 0.6 is 0 Å². The molecule has 1 aliphatic rings. The first-order valence-electron chi connectivity index (χ1n) is 10.9. The van der Waals surface area contributed by atoms with Crippen LogP contribution in [-0.4, -0.2) is 31.8 Å². The van der Waals surface area contributed by atoms with Gasteiger partial charge in [0.1, 0.15) is 17.5 Å².